The van der Waals surface area contributed by atoms with Gasteiger partial charge in [0.1, 0.15) is 29.7 Å². The third kappa shape index (κ3) is 6.15. The summed E-state index contributed by atoms with van der Waals surface area (Å²) in [5.41, 5.74) is -0.205. The Morgan fingerprint density at radius 1 is 1.11 bits per heavy atom. The van der Waals surface area contributed by atoms with Gasteiger partial charge in [0.15, 0.2) is 5.75 Å². The third-order valence-corrected chi connectivity index (χ3v) is 9.71. The Morgan fingerprint density at radius 2 is 1.83 bits per heavy atom. The molecule has 3 aliphatic heterocycles. The molecular weight excluding hydrogens is 616 g/mol. The van der Waals surface area contributed by atoms with Gasteiger partial charge in [-0.05, 0) is 98.1 Å². The van der Waals surface area contributed by atoms with E-state index < -0.39 is 29.0 Å². The first-order valence-corrected chi connectivity index (χ1v) is 16.4. The second-order valence-corrected chi connectivity index (χ2v) is 14.5. The molecule has 0 aliphatic carbocycles. The van der Waals surface area contributed by atoms with Crippen LogP contribution < -0.4 is 15.3 Å². The maximum atomic E-state index is 15.2. The highest BCUT2D eigenvalue weighted by atomic mass is 35.5. The number of carbonyl (C=O) groups excluding carboxylic acids is 1. The lowest BCUT2D eigenvalue weighted by atomic mass is 9.89. The molecule has 9 nitrogen and oxygen atoms in total. The zero-order chi connectivity index (χ0) is 33.1. The van der Waals surface area contributed by atoms with Crippen molar-refractivity contribution in [1.82, 2.24) is 19.4 Å². The Hall–Kier alpha value is -3.44. The number of benzene rings is 2. The molecule has 3 aliphatic rings. The Kier molecular flexibility index (Phi) is 8.69. The Bertz CT molecular complexity index is 1720. The predicted molar refractivity (Wildman–Crippen MR) is 175 cm³/mol. The predicted octanol–water partition coefficient (Wildman–Crippen LogP) is 6.49. The summed E-state index contributed by atoms with van der Waals surface area (Å²) in [6.45, 7) is 12.3. The average molecular weight is 658 g/mol. The lowest BCUT2D eigenvalue weighted by Crippen LogP contribution is -2.59. The summed E-state index contributed by atoms with van der Waals surface area (Å²) < 4.78 is 42.9. The van der Waals surface area contributed by atoms with Gasteiger partial charge in [0.05, 0.1) is 16.6 Å². The van der Waals surface area contributed by atoms with Crippen LogP contribution in [0.25, 0.3) is 22.0 Å². The van der Waals surface area contributed by atoms with Crippen LogP contribution in [0.2, 0.25) is 5.02 Å². The number of hydrogen-bond acceptors (Lipinski definition) is 7. The van der Waals surface area contributed by atoms with E-state index in [1.807, 2.05) is 39.5 Å². The first-order valence-electron chi connectivity index (χ1n) is 16.0. The van der Waals surface area contributed by atoms with Crippen molar-refractivity contribution in [3.05, 3.63) is 51.4 Å². The number of carbonyl (C=O) groups is 1. The zero-order valence-corrected chi connectivity index (χ0v) is 28.0. The summed E-state index contributed by atoms with van der Waals surface area (Å²) in [4.78, 5) is 37.8. The van der Waals surface area contributed by atoms with Crippen LogP contribution in [0.1, 0.15) is 59.9 Å². The average Bonchev–Trinajstić information content (AvgIpc) is 2.97. The molecule has 4 heterocycles. The number of rotatable bonds is 4. The number of anilines is 1. The van der Waals surface area contributed by atoms with E-state index in [-0.39, 0.29) is 46.6 Å². The molecule has 2 fully saturated rings. The molecule has 0 bridgehead atoms. The minimum absolute atomic E-state index is 0.0856. The minimum atomic E-state index is -0.779. The fourth-order valence-electron chi connectivity index (χ4n) is 7.07. The lowest BCUT2D eigenvalue weighted by Gasteiger charge is -2.45. The SMILES string of the molecule is C[C@@H]1CN(c2nc(=O)n3c4c(c(-c5ccc(F)cc5F)c(Cl)cc24)OC[C@H]3CC2CCN(C)CC2)[C@@H](C)CN1C(=O)OC(C)(C)C. The van der Waals surface area contributed by atoms with E-state index in [1.165, 1.54) is 12.1 Å². The number of aromatic nitrogens is 2. The van der Waals surface area contributed by atoms with Crippen molar-refractivity contribution in [3.8, 4) is 16.9 Å². The summed E-state index contributed by atoms with van der Waals surface area (Å²) in [6, 6.07) is 4.30. The van der Waals surface area contributed by atoms with Crippen LogP contribution in [0.3, 0.4) is 0 Å². The van der Waals surface area contributed by atoms with E-state index in [2.05, 4.69) is 16.9 Å². The molecule has 46 heavy (non-hydrogen) atoms. The number of halogens is 3. The molecule has 3 aromatic rings. The molecule has 248 valence electrons. The quantitative estimate of drug-likeness (QED) is 0.317. The largest absolute Gasteiger partial charge is 0.488 e. The number of piperazine rings is 1. The first kappa shape index (κ1) is 32.5. The molecule has 6 rings (SSSR count). The van der Waals surface area contributed by atoms with Crippen LogP contribution in [-0.4, -0.2) is 83.0 Å². The third-order valence-electron chi connectivity index (χ3n) is 9.41. The van der Waals surface area contributed by atoms with Crippen LogP contribution in [0.5, 0.6) is 5.75 Å². The highest BCUT2D eigenvalue weighted by Crippen LogP contribution is 2.48. The van der Waals surface area contributed by atoms with Crippen molar-refractivity contribution in [2.75, 3.05) is 44.7 Å². The van der Waals surface area contributed by atoms with E-state index in [0.29, 0.717) is 35.7 Å². The molecule has 0 unspecified atom stereocenters. The van der Waals surface area contributed by atoms with E-state index in [9.17, 15) is 14.0 Å². The van der Waals surface area contributed by atoms with Gasteiger partial charge in [0.2, 0.25) is 0 Å². The number of ether oxygens (including phenoxy) is 2. The van der Waals surface area contributed by atoms with E-state index >= 15 is 4.39 Å². The van der Waals surface area contributed by atoms with Gasteiger partial charge in [-0.25, -0.2) is 18.4 Å². The van der Waals surface area contributed by atoms with Crippen molar-refractivity contribution in [3.63, 3.8) is 0 Å². The first-order chi connectivity index (χ1) is 21.7. The van der Waals surface area contributed by atoms with Crippen LogP contribution in [-0.2, 0) is 4.74 Å². The van der Waals surface area contributed by atoms with Crippen molar-refractivity contribution < 1.29 is 23.0 Å². The Labute approximate surface area is 273 Å². The molecule has 0 spiro atoms. The van der Waals surface area contributed by atoms with Crippen LogP contribution in [0, 0.1) is 17.6 Å². The van der Waals surface area contributed by atoms with E-state index in [1.54, 1.807) is 15.5 Å². The van der Waals surface area contributed by atoms with Gasteiger partial charge in [-0.3, -0.25) is 4.57 Å². The van der Waals surface area contributed by atoms with Gasteiger partial charge < -0.3 is 24.2 Å². The van der Waals surface area contributed by atoms with Gasteiger partial charge in [0.25, 0.3) is 0 Å². The second kappa shape index (κ2) is 12.3. The smallest absolute Gasteiger partial charge is 0.410 e. The molecule has 2 saturated heterocycles. The van der Waals surface area contributed by atoms with Crippen LogP contribution >= 0.6 is 11.6 Å². The number of hydrogen-bond donors (Lipinski definition) is 0. The standard InChI is InChI=1S/C34H42ClF2N5O4/c1-19-17-41(33(44)46-34(3,4)5)20(2)16-40(19)31-25-15-26(35)28(24-8-7-22(36)14-27(24)37)30-29(25)42(32(43)38-31)23(18-45-30)13-21-9-11-39(6)12-10-21/h7-8,14-15,19-21,23H,9-13,16-18H2,1-6H3/t19-,20+,23+/m0/s1. The molecular formula is C34H42ClF2N5O4. The number of nitrogens with zero attached hydrogens (tertiary/aromatic N) is 5. The van der Waals surface area contributed by atoms with Gasteiger partial charge in [-0.1, -0.05) is 11.6 Å². The molecule has 2 aromatic carbocycles. The molecule has 1 aromatic heterocycles. The molecule has 1 amide bonds. The Balaban J connectivity index is 1.47. The lowest BCUT2D eigenvalue weighted by molar-refractivity contribution is 0.0130. The number of piperidine rings is 1. The van der Waals surface area contributed by atoms with Gasteiger partial charge in [0, 0.05) is 47.8 Å². The van der Waals surface area contributed by atoms with E-state index in [0.717, 1.165) is 38.4 Å². The van der Waals surface area contributed by atoms with Crippen LogP contribution in [0.4, 0.5) is 19.4 Å². The zero-order valence-electron chi connectivity index (χ0n) is 27.3. The van der Waals surface area contributed by atoms with Gasteiger partial charge >= 0.3 is 11.8 Å². The summed E-state index contributed by atoms with van der Waals surface area (Å²) in [5, 5.41) is 0.798. The fourth-order valence-corrected chi connectivity index (χ4v) is 7.37. The summed E-state index contributed by atoms with van der Waals surface area (Å²) in [7, 11) is 2.11. The second-order valence-electron chi connectivity index (χ2n) is 14.1. The van der Waals surface area contributed by atoms with Crippen LogP contribution in [0.15, 0.2) is 29.1 Å². The van der Waals surface area contributed by atoms with Gasteiger partial charge in [-0.2, -0.15) is 4.98 Å². The molecule has 0 saturated carbocycles. The number of likely N-dealkylation sites (tertiary alicyclic amines) is 1. The normalized spacial score (nSPS) is 22.7. The summed E-state index contributed by atoms with van der Waals surface area (Å²) in [5.74, 6) is -0.365. The molecule has 3 atom stereocenters. The van der Waals surface area contributed by atoms with E-state index in [4.69, 9.17) is 21.1 Å². The fraction of sp³-hybridized carbons (Fsp3) is 0.559. The topological polar surface area (TPSA) is 80.1 Å². The maximum absolute atomic E-state index is 15.2. The monoisotopic (exact) mass is 657 g/mol. The maximum Gasteiger partial charge on any atom is 0.410 e. The molecule has 0 N–H and O–H groups in total. The number of amides is 1. The Morgan fingerprint density at radius 3 is 2.50 bits per heavy atom. The van der Waals surface area contributed by atoms with Crippen molar-refractivity contribution in [2.24, 2.45) is 5.92 Å². The van der Waals surface area contributed by atoms with Crippen molar-refractivity contribution in [2.45, 2.75) is 77.6 Å². The molecule has 0 radical (unpaired) electrons. The van der Waals surface area contributed by atoms with Crippen molar-refractivity contribution in [1.29, 1.82) is 0 Å². The highest BCUT2D eigenvalue weighted by molar-refractivity contribution is 6.35. The highest BCUT2D eigenvalue weighted by Gasteiger charge is 2.38. The summed E-state index contributed by atoms with van der Waals surface area (Å²) in [6.07, 6.45) is 2.39. The minimum Gasteiger partial charge on any atom is -0.488 e. The molecule has 12 heteroatoms. The van der Waals surface area contributed by atoms with Crippen molar-refractivity contribution >= 4 is 34.4 Å². The summed E-state index contributed by atoms with van der Waals surface area (Å²) >= 11 is 6.91. The van der Waals surface area contributed by atoms with Gasteiger partial charge in [-0.15, -0.1) is 0 Å².